The highest BCUT2D eigenvalue weighted by Crippen LogP contribution is 2.27. The van der Waals surface area contributed by atoms with Crippen LogP contribution in [-0.4, -0.2) is 26.4 Å². The Bertz CT molecular complexity index is 735. The molecular weight excluding hydrogens is 290 g/mol. The second-order valence-electron chi connectivity index (χ2n) is 6.09. The van der Waals surface area contributed by atoms with Crippen LogP contribution in [0, 0.1) is 18.3 Å². The molecule has 1 N–H and O–H groups in total. The van der Waals surface area contributed by atoms with Gasteiger partial charge in [0.2, 0.25) is 0 Å². The van der Waals surface area contributed by atoms with E-state index in [0.717, 1.165) is 30.5 Å². The zero-order chi connectivity index (χ0) is 16.3. The molecule has 0 unspecified atom stereocenters. The van der Waals surface area contributed by atoms with E-state index < -0.39 is 5.54 Å². The minimum absolute atomic E-state index is 0.228. The number of aryl methyl sites for hydroxylation is 1. The molecular formula is C17H19N5O. The molecule has 0 saturated heterocycles. The molecule has 0 spiro atoms. The molecule has 1 aromatic carbocycles. The molecule has 0 atom stereocenters. The van der Waals surface area contributed by atoms with Crippen LogP contribution in [0.2, 0.25) is 0 Å². The third-order valence-electron chi connectivity index (χ3n) is 4.30. The maximum atomic E-state index is 12.4. The van der Waals surface area contributed by atoms with Gasteiger partial charge in [0.25, 0.3) is 5.91 Å². The molecule has 1 heterocycles. The first-order chi connectivity index (χ1) is 11.1. The predicted molar refractivity (Wildman–Crippen MR) is 85.0 cm³/mol. The quantitative estimate of drug-likeness (QED) is 0.944. The summed E-state index contributed by atoms with van der Waals surface area (Å²) in [5.74, 6) is -0.341. The van der Waals surface area contributed by atoms with Crippen molar-refractivity contribution in [3.05, 3.63) is 41.7 Å². The van der Waals surface area contributed by atoms with Crippen LogP contribution in [0.4, 0.5) is 0 Å². The summed E-state index contributed by atoms with van der Waals surface area (Å²) in [4.78, 5) is 12.4. The number of nitriles is 1. The molecule has 3 rings (SSSR count). The van der Waals surface area contributed by atoms with Crippen LogP contribution in [0.25, 0.3) is 5.69 Å². The van der Waals surface area contributed by atoms with Gasteiger partial charge in [-0.25, -0.2) is 4.68 Å². The summed E-state index contributed by atoms with van der Waals surface area (Å²) in [5, 5.41) is 20.2. The Morgan fingerprint density at radius 3 is 2.61 bits per heavy atom. The first-order valence-corrected chi connectivity index (χ1v) is 7.85. The third kappa shape index (κ3) is 3.24. The second kappa shape index (κ2) is 6.21. The number of nitrogens with one attached hydrogen (secondary N) is 1. The summed E-state index contributed by atoms with van der Waals surface area (Å²) >= 11 is 0. The third-order valence-corrected chi connectivity index (χ3v) is 4.30. The molecule has 0 radical (unpaired) electrons. The summed E-state index contributed by atoms with van der Waals surface area (Å²) in [5.41, 5.74) is 1.46. The van der Waals surface area contributed by atoms with Crippen LogP contribution in [-0.2, 0) is 0 Å². The highest BCUT2D eigenvalue weighted by molar-refractivity contribution is 5.92. The number of carbonyl (C=O) groups excluding carboxylic acids is 1. The Morgan fingerprint density at radius 2 is 1.96 bits per heavy atom. The van der Waals surface area contributed by atoms with Gasteiger partial charge in [0.15, 0.2) is 5.69 Å². The Hall–Kier alpha value is -2.68. The lowest BCUT2D eigenvalue weighted by Crippen LogP contribution is -2.48. The number of hydrogen-bond donors (Lipinski definition) is 1. The maximum Gasteiger partial charge on any atom is 0.274 e. The van der Waals surface area contributed by atoms with Crippen molar-refractivity contribution in [3.63, 3.8) is 0 Å². The first kappa shape index (κ1) is 15.2. The smallest absolute Gasteiger partial charge is 0.274 e. The van der Waals surface area contributed by atoms with Crippen molar-refractivity contribution in [2.75, 3.05) is 0 Å². The van der Waals surface area contributed by atoms with Crippen molar-refractivity contribution >= 4 is 5.91 Å². The molecule has 1 fully saturated rings. The second-order valence-corrected chi connectivity index (χ2v) is 6.09. The van der Waals surface area contributed by atoms with Crippen LogP contribution in [0.5, 0.6) is 0 Å². The lowest BCUT2D eigenvalue weighted by atomic mass is 9.83. The van der Waals surface area contributed by atoms with Gasteiger partial charge in [0, 0.05) is 0 Å². The van der Waals surface area contributed by atoms with Crippen LogP contribution in [0.3, 0.4) is 0 Å². The summed E-state index contributed by atoms with van der Waals surface area (Å²) in [6.45, 7) is 2.01. The van der Waals surface area contributed by atoms with Crippen molar-refractivity contribution in [1.29, 1.82) is 5.26 Å². The van der Waals surface area contributed by atoms with Gasteiger partial charge in [0.1, 0.15) is 5.54 Å². The SMILES string of the molecule is Cc1ccc(-n2cc(C(=O)NC3(C#N)CCCCC3)nn2)cc1. The van der Waals surface area contributed by atoms with Crippen LogP contribution in [0.15, 0.2) is 30.5 Å². The molecule has 6 heteroatoms. The number of hydrogen-bond acceptors (Lipinski definition) is 4. The maximum absolute atomic E-state index is 12.4. The van der Waals surface area contributed by atoms with E-state index in [-0.39, 0.29) is 11.6 Å². The average Bonchev–Trinajstić information content (AvgIpc) is 3.06. The zero-order valence-corrected chi connectivity index (χ0v) is 13.1. The first-order valence-electron chi connectivity index (χ1n) is 7.85. The van der Waals surface area contributed by atoms with Crippen molar-refractivity contribution in [3.8, 4) is 11.8 Å². The van der Waals surface area contributed by atoms with Gasteiger partial charge in [-0.15, -0.1) is 5.10 Å². The average molecular weight is 309 g/mol. The Balaban J connectivity index is 1.76. The van der Waals surface area contributed by atoms with E-state index in [0.29, 0.717) is 12.8 Å². The summed E-state index contributed by atoms with van der Waals surface area (Å²) in [7, 11) is 0. The molecule has 2 aromatic rings. The standard InChI is InChI=1S/C17H19N5O/c1-13-5-7-14(8-6-13)22-11-15(20-21-22)16(23)19-17(12-18)9-3-2-4-10-17/h5-8,11H,2-4,9-10H2,1H3,(H,19,23). The number of aromatic nitrogens is 3. The number of amides is 1. The summed E-state index contributed by atoms with van der Waals surface area (Å²) in [6, 6.07) is 10.1. The molecule has 1 saturated carbocycles. The van der Waals surface area contributed by atoms with E-state index in [9.17, 15) is 10.1 Å². The van der Waals surface area contributed by atoms with Gasteiger partial charge in [-0.1, -0.05) is 42.2 Å². The van der Waals surface area contributed by atoms with E-state index in [1.807, 2.05) is 31.2 Å². The molecule has 1 aliphatic carbocycles. The van der Waals surface area contributed by atoms with Gasteiger partial charge >= 0.3 is 0 Å². The zero-order valence-electron chi connectivity index (χ0n) is 13.1. The highest BCUT2D eigenvalue weighted by Gasteiger charge is 2.34. The molecule has 1 amide bonds. The van der Waals surface area contributed by atoms with Crippen molar-refractivity contribution < 1.29 is 4.79 Å². The lowest BCUT2D eigenvalue weighted by Gasteiger charge is -2.31. The Morgan fingerprint density at radius 1 is 1.26 bits per heavy atom. The number of rotatable bonds is 3. The fourth-order valence-corrected chi connectivity index (χ4v) is 2.89. The topological polar surface area (TPSA) is 83.6 Å². The largest absolute Gasteiger partial charge is 0.332 e. The Kier molecular flexibility index (Phi) is 4.11. The highest BCUT2D eigenvalue weighted by atomic mass is 16.2. The normalized spacial score (nSPS) is 16.5. The van der Waals surface area contributed by atoms with Crippen LogP contribution < -0.4 is 5.32 Å². The van der Waals surface area contributed by atoms with E-state index in [4.69, 9.17) is 0 Å². The predicted octanol–water partition coefficient (Wildman–Crippen LogP) is 2.53. The van der Waals surface area contributed by atoms with Crippen LogP contribution in [0.1, 0.15) is 48.2 Å². The number of carbonyl (C=O) groups is 1. The summed E-state index contributed by atoms with van der Waals surface area (Å²) < 4.78 is 1.56. The van der Waals surface area contributed by atoms with E-state index in [1.54, 1.807) is 10.9 Å². The molecule has 1 aliphatic rings. The minimum atomic E-state index is -0.761. The van der Waals surface area contributed by atoms with Crippen LogP contribution >= 0.6 is 0 Å². The van der Waals surface area contributed by atoms with Gasteiger partial charge in [-0.2, -0.15) is 5.26 Å². The van der Waals surface area contributed by atoms with Gasteiger partial charge in [-0.05, 0) is 31.9 Å². The molecule has 6 nitrogen and oxygen atoms in total. The fourth-order valence-electron chi connectivity index (χ4n) is 2.89. The van der Waals surface area contributed by atoms with E-state index in [1.165, 1.54) is 0 Å². The molecule has 1 aromatic heterocycles. The molecule has 0 aliphatic heterocycles. The molecule has 118 valence electrons. The Labute approximate surface area is 135 Å². The van der Waals surface area contributed by atoms with Gasteiger partial charge < -0.3 is 5.32 Å². The number of nitrogens with zero attached hydrogens (tertiary/aromatic N) is 4. The van der Waals surface area contributed by atoms with Crippen molar-refractivity contribution in [2.45, 2.75) is 44.6 Å². The molecule has 23 heavy (non-hydrogen) atoms. The van der Waals surface area contributed by atoms with Gasteiger partial charge in [-0.3, -0.25) is 4.79 Å². The lowest BCUT2D eigenvalue weighted by molar-refractivity contribution is 0.0897. The monoisotopic (exact) mass is 309 g/mol. The summed E-state index contributed by atoms with van der Waals surface area (Å²) in [6.07, 6.45) is 6.02. The fraction of sp³-hybridized carbons (Fsp3) is 0.412. The van der Waals surface area contributed by atoms with E-state index in [2.05, 4.69) is 21.7 Å². The molecule has 0 bridgehead atoms. The number of benzene rings is 1. The van der Waals surface area contributed by atoms with Crippen molar-refractivity contribution in [2.24, 2.45) is 0 Å². The minimum Gasteiger partial charge on any atom is -0.332 e. The van der Waals surface area contributed by atoms with E-state index >= 15 is 0 Å². The van der Waals surface area contributed by atoms with Gasteiger partial charge in [0.05, 0.1) is 18.0 Å². The van der Waals surface area contributed by atoms with Crippen molar-refractivity contribution in [1.82, 2.24) is 20.3 Å².